The summed E-state index contributed by atoms with van der Waals surface area (Å²) in [5.74, 6) is 0.782. The van der Waals surface area contributed by atoms with Crippen LogP contribution < -0.4 is 14.2 Å². The second-order valence-electron chi connectivity index (χ2n) is 4.30. The minimum Gasteiger partial charge on any atom is -0.493 e. The minimum atomic E-state index is -0.626. The molecule has 1 heterocycles. The number of halogens is 1. The summed E-state index contributed by atoms with van der Waals surface area (Å²) in [5, 5.41) is 17.5. The lowest BCUT2D eigenvalue weighted by Gasteiger charge is -2.16. The number of hydrogen-bond acceptors (Lipinski definition) is 6. The first-order valence-corrected chi connectivity index (χ1v) is 6.71. The molecule has 0 unspecified atom stereocenters. The molecule has 2 rings (SSSR count). The van der Waals surface area contributed by atoms with Gasteiger partial charge in [-0.25, -0.2) is 0 Å². The molecule has 2 aromatic rings. The van der Waals surface area contributed by atoms with Crippen LogP contribution in [0.5, 0.6) is 17.2 Å². The summed E-state index contributed by atoms with van der Waals surface area (Å²) < 4.78 is 15.9. The molecule has 0 aliphatic rings. The molecule has 0 amide bonds. The molecule has 0 saturated carbocycles. The van der Waals surface area contributed by atoms with Gasteiger partial charge in [0, 0.05) is 0 Å². The highest BCUT2D eigenvalue weighted by atomic mass is 35.5. The Kier molecular flexibility index (Phi) is 5.02. The van der Waals surface area contributed by atoms with Gasteiger partial charge in [-0.2, -0.15) is 10.4 Å². The second kappa shape index (κ2) is 6.96. The number of methoxy groups -OCH3 is 3. The molecule has 1 aromatic heterocycles. The Bertz CT molecular complexity index is 673. The van der Waals surface area contributed by atoms with Crippen molar-refractivity contribution >= 4 is 11.6 Å². The van der Waals surface area contributed by atoms with Crippen molar-refractivity contribution in [1.82, 2.24) is 10.2 Å². The van der Waals surface area contributed by atoms with E-state index in [4.69, 9.17) is 25.8 Å². The fourth-order valence-electron chi connectivity index (χ4n) is 2.06. The summed E-state index contributed by atoms with van der Waals surface area (Å²) in [6.45, 7) is 0. The number of benzene rings is 1. The van der Waals surface area contributed by atoms with Crippen molar-refractivity contribution in [1.29, 1.82) is 5.26 Å². The summed E-state index contributed by atoms with van der Waals surface area (Å²) in [7, 11) is 4.56. The van der Waals surface area contributed by atoms with Crippen molar-refractivity contribution in [3.63, 3.8) is 0 Å². The van der Waals surface area contributed by atoms with Gasteiger partial charge in [-0.15, -0.1) is 5.10 Å². The molecule has 0 aliphatic carbocycles. The van der Waals surface area contributed by atoms with Crippen LogP contribution in [-0.4, -0.2) is 31.5 Å². The van der Waals surface area contributed by atoms with E-state index in [1.54, 1.807) is 24.3 Å². The van der Waals surface area contributed by atoms with E-state index in [1.165, 1.54) is 21.3 Å². The third kappa shape index (κ3) is 3.05. The van der Waals surface area contributed by atoms with Crippen LogP contribution in [0.4, 0.5) is 0 Å². The first-order valence-electron chi connectivity index (χ1n) is 6.33. The normalized spacial score (nSPS) is 11.4. The topological polar surface area (TPSA) is 77.3 Å². The van der Waals surface area contributed by atoms with Crippen LogP contribution >= 0.6 is 11.6 Å². The summed E-state index contributed by atoms with van der Waals surface area (Å²) in [4.78, 5) is 0. The number of aromatic nitrogens is 2. The largest absolute Gasteiger partial charge is 0.493 e. The third-order valence-corrected chi connectivity index (χ3v) is 3.30. The molecule has 0 aliphatic heterocycles. The summed E-state index contributed by atoms with van der Waals surface area (Å²) in [6, 6.07) is 8.87. The molecular formula is C15H14ClN3O3. The van der Waals surface area contributed by atoms with Crippen molar-refractivity contribution in [2.75, 3.05) is 21.3 Å². The van der Waals surface area contributed by atoms with Crippen LogP contribution in [0.1, 0.15) is 17.2 Å². The standard InChI is InChI=1S/C15H14ClN3O3/c1-20-12-6-9(7-13(21-2)15(12)22-3)10(8-17)11-4-5-14(16)19-18-11/h4-7,10H,1-3H3/t10-/m1/s1. The Balaban J connectivity index is 2.54. The van der Waals surface area contributed by atoms with Gasteiger partial charge in [0.2, 0.25) is 5.75 Å². The van der Waals surface area contributed by atoms with Crippen molar-refractivity contribution in [3.8, 4) is 23.3 Å². The van der Waals surface area contributed by atoms with Crippen molar-refractivity contribution in [2.45, 2.75) is 5.92 Å². The Morgan fingerprint density at radius 1 is 1.05 bits per heavy atom. The van der Waals surface area contributed by atoms with Gasteiger partial charge >= 0.3 is 0 Å². The Morgan fingerprint density at radius 2 is 1.68 bits per heavy atom. The van der Waals surface area contributed by atoms with Crippen molar-refractivity contribution in [2.24, 2.45) is 0 Å². The van der Waals surface area contributed by atoms with Gasteiger partial charge in [-0.3, -0.25) is 0 Å². The monoisotopic (exact) mass is 319 g/mol. The quantitative estimate of drug-likeness (QED) is 0.843. The maximum Gasteiger partial charge on any atom is 0.203 e. The van der Waals surface area contributed by atoms with Crippen LogP contribution in [0.3, 0.4) is 0 Å². The molecule has 114 valence electrons. The Labute approximate surface area is 133 Å². The number of nitrogens with zero attached hydrogens (tertiary/aromatic N) is 3. The summed E-state index contributed by atoms with van der Waals surface area (Å²) in [6.07, 6.45) is 0. The van der Waals surface area contributed by atoms with E-state index in [-0.39, 0.29) is 5.15 Å². The number of rotatable bonds is 5. The van der Waals surface area contributed by atoms with Gasteiger partial charge < -0.3 is 14.2 Å². The highest BCUT2D eigenvalue weighted by Gasteiger charge is 2.21. The maximum absolute atomic E-state index is 9.49. The molecule has 0 fully saturated rings. The molecule has 0 N–H and O–H groups in total. The molecule has 1 aromatic carbocycles. The second-order valence-corrected chi connectivity index (χ2v) is 4.69. The zero-order chi connectivity index (χ0) is 16.1. The van der Waals surface area contributed by atoms with Gasteiger partial charge in [0.1, 0.15) is 5.92 Å². The Hall–Kier alpha value is -2.52. The number of nitriles is 1. The smallest absolute Gasteiger partial charge is 0.203 e. The van der Waals surface area contributed by atoms with E-state index in [2.05, 4.69) is 16.3 Å². The van der Waals surface area contributed by atoms with Crippen LogP contribution in [0.25, 0.3) is 0 Å². The van der Waals surface area contributed by atoms with E-state index in [0.29, 0.717) is 28.5 Å². The lowest BCUT2D eigenvalue weighted by atomic mass is 9.96. The van der Waals surface area contributed by atoms with Gasteiger partial charge in [-0.05, 0) is 29.8 Å². The summed E-state index contributed by atoms with van der Waals surface area (Å²) in [5.41, 5.74) is 1.15. The average Bonchev–Trinajstić information content (AvgIpc) is 2.56. The summed E-state index contributed by atoms with van der Waals surface area (Å²) >= 11 is 5.73. The van der Waals surface area contributed by atoms with Crippen LogP contribution in [0.15, 0.2) is 24.3 Å². The van der Waals surface area contributed by atoms with Crippen molar-refractivity contribution in [3.05, 3.63) is 40.7 Å². The molecule has 1 atom stereocenters. The van der Waals surface area contributed by atoms with Crippen molar-refractivity contribution < 1.29 is 14.2 Å². The molecule has 0 saturated heterocycles. The Morgan fingerprint density at radius 3 is 2.09 bits per heavy atom. The van der Waals surface area contributed by atoms with Gasteiger partial charge in [0.15, 0.2) is 16.7 Å². The minimum absolute atomic E-state index is 0.269. The predicted octanol–water partition coefficient (Wildman–Crippen LogP) is 2.81. The zero-order valence-electron chi connectivity index (χ0n) is 12.3. The van der Waals surface area contributed by atoms with Crippen LogP contribution in [0, 0.1) is 11.3 Å². The molecule has 0 radical (unpaired) electrons. The molecule has 7 heteroatoms. The zero-order valence-corrected chi connectivity index (χ0v) is 13.1. The average molecular weight is 320 g/mol. The first-order chi connectivity index (χ1) is 10.6. The van der Waals surface area contributed by atoms with E-state index in [1.807, 2.05) is 0 Å². The third-order valence-electron chi connectivity index (χ3n) is 3.10. The van der Waals surface area contributed by atoms with E-state index >= 15 is 0 Å². The van der Waals surface area contributed by atoms with E-state index in [9.17, 15) is 5.26 Å². The van der Waals surface area contributed by atoms with E-state index < -0.39 is 5.92 Å². The molecular weight excluding hydrogens is 306 g/mol. The first kappa shape index (κ1) is 15.9. The maximum atomic E-state index is 9.49. The fourth-order valence-corrected chi connectivity index (χ4v) is 2.16. The highest BCUT2D eigenvalue weighted by Crippen LogP contribution is 2.40. The number of hydrogen-bond donors (Lipinski definition) is 0. The molecule has 0 bridgehead atoms. The van der Waals surface area contributed by atoms with Gasteiger partial charge in [-0.1, -0.05) is 11.6 Å². The van der Waals surface area contributed by atoms with Crippen LogP contribution in [0.2, 0.25) is 5.15 Å². The van der Waals surface area contributed by atoms with Crippen LogP contribution in [-0.2, 0) is 0 Å². The van der Waals surface area contributed by atoms with Gasteiger partial charge in [0.25, 0.3) is 0 Å². The SMILES string of the molecule is COc1cc([C@@H](C#N)c2ccc(Cl)nn2)cc(OC)c1OC. The highest BCUT2D eigenvalue weighted by molar-refractivity contribution is 6.29. The fraction of sp³-hybridized carbons (Fsp3) is 0.267. The number of ether oxygens (including phenoxy) is 3. The molecule has 0 spiro atoms. The van der Waals surface area contributed by atoms with E-state index in [0.717, 1.165) is 0 Å². The lowest BCUT2D eigenvalue weighted by Crippen LogP contribution is -2.04. The molecule has 22 heavy (non-hydrogen) atoms. The predicted molar refractivity (Wildman–Crippen MR) is 80.6 cm³/mol. The molecule has 6 nitrogen and oxygen atoms in total. The lowest BCUT2D eigenvalue weighted by molar-refractivity contribution is 0.323. The van der Waals surface area contributed by atoms with Gasteiger partial charge in [0.05, 0.1) is 33.1 Å².